The number of methoxy groups -OCH3 is 1. The first-order chi connectivity index (χ1) is 16.3. The van der Waals surface area contributed by atoms with Crippen molar-refractivity contribution in [3.63, 3.8) is 0 Å². The summed E-state index contributed by atoms with van der Waals surface area (Å²) in [6.07, 6.45) is 6.99. The average molecular weight is 494 g/mol. The smallest absolute Gasteiger partial charge is 0.240 e. The number of carbonyl (C=O) groups excluding carboxylic acids is 1. The molecule has 2 aliphatic heterocycles. The molecule has 1 amide bonds. The number of hydrogen-bond donors (Lipinski definition) is 4. The minimum Gasteiger partial charge on any atom is -0.383 e. The summed E-state index contributed by atoms with van der Waals surface area (Å²) < 4.78 is 21.3. The minimum absolute atomic E-state index is 0.0105. The Labute approximate surface area is 204 Å². The molecule has 0 aromatic carbocycles. The van der Waals surface area contributed by atoms with Crippen LogP contribution in [-0.2, 0) is 16.1 Å². The number of piperidine rings is 1. The van der Waals surface area contributed by atoms with Crippen LogP contribution < -0.4 is 16.0 Å². The first-order valence-electron chi connectivity index (χ1n) is 11.6. The zero-order valence-corrected chi connectivity index (χ0v) is 20.6. The molecule has 1 atom stereocenters. The Morgan fingerprint density at radius 3 is 3.06 bits per heavy atom. The van der Waals surface area contributed by atoms with Gasteiger partial charge in [0.2, 0.25) is 5.91 Å². The van der Waals surface area contributed by atoms with Gasteiger partial charge in [0.25, 0.3) is 0 Å². The molecule has 2 aromatic heterocycles. The lowest BCUT2D eigenvalue weighted by Crippen LogP contribution is -2.59. The van der Waals surface area contributed by atoms with Crippen LogP contribution in [0, 0.1) is 5.82 Å². The molecule has 9 nitrogen and oxygen atoms in total. The Bertz CT molecular complexity index is 1050. The molecule has 4 N–H and O–H groups in total. The number of nitrogens with one attached hydrogen (secondary N) is 4. The second-order valence-electron chi connectivity index (χ2n) is 9.31. The van der Waals surface area contributed by atoms with Gasteiger partial charge < -0.3 is 25.7 Å². The van der Waals surface area contributed by atoms with Crippen LogP contribution in [0.1, 0.15) is 37.8 Å². The summed E-state index contributed by atoms with van der Waals surface area (Å²) in [6.45, 7) is 7.21. The standard InChI is InChI=1S/C23H33ClFN7O2/c1-23(2,22(33)26-6-8-34-3)31-7-4-5-17(13-31)29-21-19(25)14-32(30-21)12-15-10-27-20-18(15)9-16(24)11-28-20/h9-10,14,17,27-28H,4-8,11-13H2,1-3H3,(H,26,33)(H,29,30). The van der Waals surface area contributed by atoms with E-state index >= 15 is 0 Å². The number of H-pyrrole nitrogens is 1. The van der Waals surface area contributed by atoms with E-state index < -0.39 is 11.4 Å². The lowest BCUT2D eigenvalue weighted by Gasteiger charge is -2.42. The summed E-state index contributed by atoms with van der Waals surface area (Å²) in [7, 11) is 1.61. The van der Waals surface area contributed by atoms with E-state index in [-0.39, 0.29) is 17.8 Å². The molecule has 1 saturated heterocycles. The third kappa shape index (κ3) is 5.39. The second kappa shape index (κ2) is 10.4. The molecule has 2 aliphatic rings. The molecule has 0 bridgehead atoms. The molecular weight excluding hydrogens is 461 g/mol. The number of aromatic nitrogens is 3. The number of halogens is 2. The van der Waals surface area contributed by atoms with E-state index in [1.165, 1.54) is 6.20 Å². The van der Waals surface area contributed by atoms with E-state index in [2.05, 4.69) is 30.9 Å². The molecule has 11 heteroatoms. The molecule has 1 unspecified atom stereocenters. The molecule has 4 rings (SSSR count). The van der Waals surface area contributed by atoms with E-state index in [1.807, 2.05) is 26.1 Å². The quantitative estimate of drug-likeness (QED) is 0.401. The number of likely N-dealkylation sites (tertiary alicyclic amines) is 1. The van der Waals surface area contributed by atoms with E-state index in [1.54, 1.807) is 11.8 Å². The first-order valence-corrected chi connectivity index (χ1v) is 12.0. The predicted molar refractivity (Wildman–Crippen MR) is 132 cm³/mol. The van der Waals surface area contributed by atoms with Gasteiger partial charge in [-0.05, 0) is 39.3 Å². The summed E-state index contributed by atoms with van der Waals surface area (Å²) in [5.41, 5.74) is 1.26. The Morgan fingerprint density at radius 1 is 1.44 bits per heavy atom. The lowest BCUT2D eigenvalue weighted by molar-refractivity contribution is -0.132. The highest BCUT2D eigenvalue weighted by molar-refractivity contribution is 6.32. The van der Waals surface area contributed by atoms with Crippen molar-refractivity contribution in [2.24, 2.45) is 0 Å². The number of fused-ring (bicyclic) bond motifs is 1. The number of carbonyl (C=O) groups is 1. The minimum atomic E-state index is -0.678. The fraction of sp³-hybridized carbons (Fsp3) is 0.565. The van der Waals surface area contributed by atoms with Crippen molar-refractivity contribution < 1.29 is 13.9 Å². The molecule has 2 aromatic rings. The molecule has 0 spiro atoms. The van der Waals surface area contributed by atoms with Crippen molar-refractivity contribution in [1.82, 2.24) is 25.0 Å². The maximum absolute atomic E-state index is 14.7. The SMILES string of the molecule is COCCNC(=O)C(C)(C)N1CCCC(Nc2nn(Cc3c[nH]c4c3C=C(Cl)CN4)cc2F)C1. The summed E-state index contributed by atoms with van der Waals surface area (Å²) in [6, 6.07) is -0.0105. The zero-order valence-electron chi connectivity index (χ0n) is 19.9. The Kier molecular flexibility index (Phi) is 7.49. The fourth-order valence-corrected chi connectivity index (χ4v) is 4.65. The summed E-state index contributed by atoms with van der Waals surface area (Å²) >= 11 is 6.17. The van der Waals surface area contributed by atoms with Gasteiger partial charge in [-0.25, -0.2) is 4.39 Å². The number of nitrogens with zero attached hydrogens (tertiary/aromatic N) is 3. The number of aromatic amines is 1. The highest BCUT2D eigenvalue weighted by Crippen LogP contribution is 2.29. The van der Waals surface area contributed by atoms with Gasteiger partial charge in [0.1, 0.15) is 5.82 Å². The monoisotopic (exact) mass is 493 g/mol. The molecule has 1 fully saturated rings. The lowest BCUT2D eigenvalue weighted by atomic mass is 9.95. The van der Waals surface area contributed by atoms with Crippen molar-refractivity contribution in [3.05, 3.63) is 34.4 Å². The first kappa shape index (κ1) is 24.6. The van der Waals surface area contributed by atoms with E-state index in [0.717, 1.165) is 41.4 Å². The third-order valence-corrected chi connectivity index (χ3v) is 6.73. The number of anilines is 2. The zero-order chi connectivity index (χ0) is 24.3. The third-order valence-electron chi connectivity index (χ3n) is 6.49. The number of hydrogen-bond acceptors (Lipinski definition) is 6. The largest absolute Gasteiger partial charge is 0.383 e. The van der Waals surface area contributed by atoms with Gasteiger partial charge in [-0.15, -0.1) is 0 Å². The topological polar surface area (TPSA) is 99.2 Å². The van der Waals surface area contributed by atoms with Gasteiger partial charge in [-0.2, -0.15) is 5.10 Å². The maximum atomic E-state index is 14.7. The molecule has 0 radical (unpaired) electrons. The van der Waals surface area contributed by atoms with Crippen LogP contribution in [-0.4, -0.2) is 77.0 Å². The van der Waals surface area contributed by atoms with Crippen LogP contribution in [0.4, 0.5) is 16.0 Å². The van der Waals surface area contributed by atoms with E-state index in [0.29, 0.717) is 32.8 Å². The van der Waals surface area contributed by atoms with Crippen LogP contribution in [0.15, 0.2) is 17.4 Å². The molecule has 0 aliphatic carbocycles. The molecular formula is C23H33ClFN7O2. The average Bonchev–Trinajstić information content (AvgIpc) is 3.36. The Morgan fingerprint density at radius 2 is 2.26 bits per heavy atom. The van der Waals surface area contributed by atoms with E-state index in [4.69, 9.17) is 16.3 Å². The van der Waals surface area contributed by atoms with Gasteiger partial charge in [0, 0.05) is 48.6 Å². The second-order valence-corrected chi connectivity index (χ2v) is 9.79. The predicted octanol–water partition coefficient (Wildman–Crippen LogP) is 2.82. The van der Waals surface area contributed by atoms with Crippen molar-refractivity contribution >= 4 is 35.2 Å². The molecule has 4 heterocycles. The van der Waals surface area contributed by atoms with Gasteiger partial charge in [-0.3, -0.25) is 14.4 Å². The fourth-order valence-electron chi connectivity index (χ4n) is 4.47. The summed E-state index contributed by atoms with van der Waals surface area (Å²) in [5, 5.41) is 14.6. The highest BCUT2D eigenvalue weighted by atomic mass is 35.5. The van der Waals surface area contributed by atoms with Gasteiger partial charge >= 0.3 is 0 Å². The van der Waals surface area contributed by atoms with Crippen LogP contribution in [0.25, 0.3) is 6.08 Å². The molecule has 34 heavy (non-hydrogen) atoms. The van der Waals surface area contributed by atoms with Crippen LogP contribution >= 0.6 is 11.6 Å². The molecule has 186 valence electrons. The van der Waals surface area contributed by atoms with Crippen molar-refractivity contribution in [2.45, 2.75) is 44.8 Å². The van der Waals surface area contributed by atoms with Gasteiger partial charge in [-0.1, -0.05) is 11.6 Å². The van der Waals surface area contributed by atoms with Crippen molar-refractivity contribution in [3.8, 4) is 0 Å². The number of amides is 1. The van der Waals surface area contributed by atoms with Crippen molar-refractivity contribution in [2.75, 3.05) is 50.5 Å². The van der Waals surface area contributed by atoms with Crippen LogP contribution in [0.5, 0.6) is 0 Å². The van der Waals surface area contributed by atoms with Crippen LogP contribution in [0.3, 0.4) is 0 Å². The summed E-state index contributed by atoms with van der Waals surface area (Å²) in [4.78, 5) is 18.0. The van der Waals surface area contributed by atoms with Gasteiger partial charge in [0.15, 0.2) is 11.6 Å². The Balaban J connectivity index is 1.39. The number of ether oxygens (including phenoxy) is 1. The normalized spacial score (nSPS) is 18.7. The Hall–Kier alpha value is -2.56. The maximum Gasteiger partial charge on any atom is 0.240 e. The number of rotatable bonds is 9. The van der Waals surface area contributed by atoms with Crippen molar-refractivity contribution in [1.29, 1.82) is 0 Å². The highest BCUT2D eigenvalue weighted by Gasteiger charge is 2.37. The van der Waals surface area contributed by atoms with Crippen LogP contribution in [0.2, 0.25) is 0 Å². The van der Waals surface area contributed by atoms with E-state index in [9.17, 15) is 9.18 Å². The van der Waals surface area contributed by atoms with Gasteiger partial charge in [0.05, 0.1) is 31.4 Å². The molecule has 0 saturated carbocycles. The summed E-state index contributed by atoms with van der Waals surface area (Å²) in [5.74, 6) is 0.691.